The summed E-state index contributed by atoms with van der Waals surface area (Å²) in [6.07, 6.45) is 3.27. The molecule has 2 heterocycles. The summed E-state index contributed by atoms with van der Waals surface area (Å²) in [5.74, 6) is 0. The normalized spacial score (nSPS) is 11.0. The summed E-state index contributed by atoms with van der Waals surface area (Å²) in [6, 6.07) is 7.75. The lowest BCUT2D eigenvalue weighted by Crippen LogP contribution is -1.88. The second kappa shape index (κ2) is 3.14. The Balaban J connectivity index is 2.64. The number of fused-ring (bicyclic) bond motifs is 3. The summed E-state index contributed by atoms with van der Waals surface area (Å²) in [4.78, 5) is 12.7. The molecule has 0 saturated carbocycles. The van der Waals surface area contributed by atoms with Crippen LogP contribution in [0.25, 0.3) is 21.9 Å². The lowest BCUT2D eigenvalue weighted by molar-refractivity contribution is 1.28. The highest BCUT2D eigenvalue weighted by molar-refractivity contribution is 6.34. The monoisotopic (exact) mass is 215 g/mol. The number of hydrogen-bond donors (Lipinski definition) is 0. The van der Waals surface area contributed by atoms with Gasteiger partial charge in [-0.05, 0) is 6.07 Å². The number of pyridine rings is 1. The smallest absolute Gasteiger partial charge is 0.157 e. The van der Waals surface area contributed by atoms with Crippen LogP contribution in [-0.4, -0.2) is 15.0 Å². The van der Waals surface area contributed by atoms with Crippen LogP contribution in [0.5, 0.6) is 0 Å². The summed E-state index contributed by atoms with van der Waals surface area (Å²) in [7, 11) is 0. The first-order chi connectivity index (χ1) is 7.36. The quantitative estimate of drug-likeness (QED) is 0.428. The lowest BCUT2D eigenvalue weighted by atomic mass is 10.2. The van der Waals surface area contributed by atoms with Crippen LogP contribution in [0.1, 0.15) is 0 Å². The summed E-state index contributed by atoms with van der Waals surface area (Å²) in [5, 5.41) is 1.38. The molecular formula is C11H6ClN3. The van der Waals surface area contributed by atoms with Crippen molar-refractivity contribution in [2.75, 3.05) is 0 Å². The van der Waals surface area contributed by atoms with Gasteiger partial charge in [-0.15, -0.1) is 0 Å². The molecule has 3 rings (SSSR count). The van der Waals surface area contributed by atoms with Gasteiger partial charge in [0.1, 0.15) is 11.0 Å². The number of para-hydroxylation sites is 1. The molecule has 0 bridgehead atoms. The highest BCUT2D eigenvalue weighted by Crippen LogP contribution is 2.25. The molecule has 3 nitrogen and oxygen atoms in total. The minimum atomic E-state index is 0.400. The number of rotatable bonds is 0. The van der Waals surface area contributed by atoms with Crippen molar-refractivity contribution in [3.63, 3.8) is 0 Å². The third-order valence-corrected chi connectivity index (χ3v) is 2.53. The highest BCUT2D eigenvalue weighted by Gasteiger charge is 2.07. The Morgan fingerprint density at radius 2 is 1.67 bits per heavy atom. The van der Waals surface area contributed by atoms with Crippen molar-refractivity contribution >= 4 is 33.5 Å². The van der Waals surface area contributed by atoms with Crippen LogP contribution >= 0.6 is 11.6 Å². The molecule has 0 radical (unpaired) electrons. The van der Waals surface area contributed by atoms with Gasteiger partial charge in [0.25, 0.3) is 0 Å². The summed E-state index contributed by atoms with van der Waals surface area (Å²) in [5.41, 5.74) is 2.29. The van der Waals surface area contributed by atoms with Gasteiger partial charge in [0, 0.05) is 17.8 Å². The van der Waals surface area contributed by atoms with Crippen molar-refractivity contribution in [2.24, 2.45) is 0 Å². The van der Waals surface area contributed by atoms with E-state index in [1.807, 2.05) is 24.3 Å². The molecule has 0 N–H and O–H groups in total. The zero-order chi connectivity index (χ0) is 10.3. The Kier molecular flexibility index (Phi) is 1.79. The molecule has 0 fully saturated rings. The number of nitrogens with zero attached hydrogens (tertiary/aromatic N) is 3. The number of benzene rings is 1. The Bertz CT molecular complexity index is 651. The van der Waals surface area contributed by atoms with Crippen LogP contribution in [0, 0.1) is 0 Å². The first kappa shape index (κ1) is 8.56. The van der Waals surface area contributed by atoms with E-state index in [4.69, 9.17) is 11.6 Å². The van der Waals surface area contributed by atoms with Gasteiger partial charge < -0.3 is 0 Å². The fourth-order valence-corrected chi connectivity index (χ4v) is 1.85. The summed E-state index contributed by atoms with van der Waals surface area (Å²) in [6.45, 7) is 0. The maximum absolute atomic E-state index is 6.02. The van der Waals surface area contributed by atoms with Crippen LogP contribution in [0.2, 0.25) is 5.15 Å². The fraction of sp³-hybridized carbons (Fsp3) is 0. The van der Waals surface area contributed by atoms with Crippen molar-refractivity contribution < 1.29 is 0 Å². The zero-order valence-corrected chi connectivity index (χ0v) is 8.44. The van der Waals surface area contributed by atoms with Crippen molar-refractivity contribution in [3.8, 4) is 0 Å². The van der Waals surface area contributed by atoms with E-state index >= 15 is 0 Å². The largest absolute Gasteiger partial charge is 0.252 e. The van der Waals surface area contributed by atoms with E-state index < -0.39 is 0 Å². The fourth-order valence-electron chi connectivity index (χ4n) is 1.62. The molecule has 2 aromatic heterocycles. The average Bonchev–Trinajstić information content (AvgIpc) is 2.30. The molecule has 72 valence electrons. The molecule has 0 unspecified atom stereocenters. The Morgan fingerprint density at radius 1 is 0.933 bits per heavy atom. The van der Waals surface area contributed by atoms with E-state index in [0.717, 1.165) is 16.4 Å². The Labute approximate surface area is 90.8 Å². The standard InChI is InChI=1S/C11H6ClN3/c12-11-10-9(13-5-6-14-10)7-3-1-2-4-8(7)15-11/h1-6H. The molecule has 0 aliphatic carbocycles. The molecule has 15 heavy (non-hydrogen) atoms. The van der Waals surface area contributed by atoms with Crippen molar-refractivity contribution in [1.82, 2.24) is 15.0 Å². The molecule has 0 spiro atoms. The van der Waals surface area contributed by atoms with Crippen LogP contribution in [0.3, 0.4) is 0 Å². The molecule has 0 saturated heterocycles. The Hall–Kier alpha value is -1.74. The molecule has 3 aromatic rings. The summed E-state index contributed by atoms with van der Waals surface area (Å²) >= 11 is 6.02. The van der Waals surface area contributed by atoms with E-state index in [1.54, 1.807) is 12.4 Å². The van der Waals surface area contributed by atoms with Gasteiger partial charge in [-0.1, -0.05) is 29.8 Å². The highest BCUT2D eigenvalue weighted by atomic mass is 35.5. The minimum absolute atomic E-state index is 0.400. The lowest BCUT2D eigenvalue weighted by Gasteiger charge is -2.02. The molecule has 0 aliphatic rings. The number of hydrogen-bond acceptors (Lipinski definition) is 3. The molecule has 4 heteroatoms. The minimum Gasteiger partial charge on any atom is -0.252 e. The predicted molar refractivity (Wildman–Crippen MR) is 59.8 cm³/mol. The van der Waals surface area contributed by atoms with Gasteiger partial charge in [0.15, 0.2) is 5.15 Å². The van der Waals surface area contributed by atoms with E-state index in [0.29, 0.717) is 10.7 Å². The second-order valence-corrected chi connectivity index (χ2v) is 3.53. The number of aromatic nitrogens is 3. The van der Waals surface area contributed by atoms with Gasteiger partial charge in [-0.25, -0.2) is 9.97 Å². The second-order valence-electron chi connectivity index (χ2n) is 3.17. The first-order valence-electron chi connectivity index (χ1n) is 4.51. The average molecular weight is 216 g/mol. The van der Waals surface area contributed by atoms with Crippen molar-refractivity contribution in [1.29, 1.82) is 0 Å². The molecule has 0 amide bonds. The molecule has 0 aliphatic heterocycles. The van der Waals surface area contributed by atoms with E-state index in [1.165, 1.54) is 0 Å². The number of halogens is 1. The van der Waals surface area contributed by atoms with E-state index in [2.05, 4.69) is 15.0 Å². The Morgan fingerprint density at radius 3 is 2.53 bits per heavy atom. The SMILES string of the molecule is Clc1nc2ccccc2c2nccnc12. The van der Waals surface area contributed by atoms with Crippen LogP contribution in [-0.2, 0) is 0 Å². The van der Waals surface area contributed by atoms with Crippen LogP contribution < -0.4 is 0 Å². The first-order valence-corrected chi connectivity index (χ1v) is 4.89. The molecule has 0 atom stereocenters. The zero-order valence-electron chi connectivity index (χ0n) is 7.68. The third kappa shape index (κ3) is 1.24. The van der Waals surface area contributed by atoms with Gasteiger partial charge in [0.2, 0.25) is 0 Å². The predicted octanol–water partition coefficient (Wildman–Crippen LogP) is 2.83. The molecule has 1 aromatic carbocycles. The van der Waals surface area contributed by atoms with Crippen molar-refractivity contribution in [3.05, 3.63) is 41.8 Å². The molecular weight excluding hydrogens is 210 g/mol. The maximum Gasteiger partial charge on any atom is 0.157 e. The van der Waals surface area contributed by atoms with Crippen LogP contribution in [0.15, 0.2) is 36.7 Å². The summed E-state index contributed by atoms with van der Waals surface area (Å²) < 4.78 is 0. The van der Waals surface area contributed by atoms with E-state index in [-0.39, 0.29) is 0 Å². The van der Waals surface area contributed by atoms with Gasteiger partial charge in [0.05, 0.1) is 5.52 Å². The van der Waals surface area contributed by atoms with E-state index in [9.17, 15) is 0 Å². The van der Waals surface area contributed by atoms with Crippen LogP contribution in [0.4, 0.5) is 0 Å². The van der Waals surface area contributed by atoms with Crippen molar-refractivity contribution in [2.45, 2.75) is 0 Å². The maximum atomic E-state index is 6.02. The van der Waals surface area contributed by atoms with Gasteiger partial charge in [-0.2, -0.15) is 0 Å². The topological polar surface area (TPSA) is 38.7 Å². The van der Waals surface area contributed by atoms with Gasteiger partial charge >= 0.3 is 0 Å². The van der Waals surface area contributed by atoms with Gasteiger partial charge in [-0.3, -0.25) is 4.98 Å². The third-order valence-electron chi connectivity index (χ3n) is 2.27.